The van der Waals surface area contributed by atoms with Gasteiger partial charge in [-0.25, -0.2) is 0 Å². The van der Waals surface area contributed by atoms with Crippen molar-refractivity contribution in [1.82, 2.24) is 9.78 Å². The van der Waals surface area contributed by atoms with E-state index in [0.717, 1.165) is 0 Å². The van der Waals surface area contributed by atoms with Gasteiger partial charge in [0.2, 0.25) is 5.60 Å². The summed E-state index contributed by atoms with van der Waals surface area (Å²) >= 11 is 0. The van der Waals surface area contributed by atoms with E-state index in [-0.39, 0.29) is 17.7 Å². The predicted octanol–water partition coefficient (Wildman–Crippen LogP) is 4.75. The standard InChI is InChI=1S/C23H21F3N2O3/c1-13-8-16(14-10-27-28(11-14)12-21(2,3)20(29)30)19-15-6-4-5-7-17(15)22(31,18(19)9-13)23(24,25)26/h4-11,31H,12H2,1-3H3,(H,29,30). The normalized spacial score (nSPS) is 18.0. The minimum atomic E-state index is -4.91. The first-order valence-electron chi connectivity index (χ1n) is 9.66. The maximum Gasteiger partial charge on any atom is 0.425 e. The third-order valence-electron chi connectivity index (χ3n) is 5.75. The van der Waals surface area contributed by atoms with Gasteiger partial charge in [-0.3, -0.25) is 9.48 Å². The quantitative estimate of drug-likeness (QED) is 0.627. The van der Waals surface area contributed by atoms with Gasteiger partial charge in [0.1, 0.15) is 0 Å². The van der Waals surface area contributed by atoms with E-state index in [1.165, 1.54) is 29.1 Å². The molecule has 0 saturated heterocycles. The number of hydrogen-bond donors (Lipinski definition) is 2. The van der Waals surface area contributed by atoms with Crippen molar-refractivity contribution in [2.24, 2.45) is 5.41 Å². The van der Waals surface area contributed by atoms with Gasteiger partial charge in [-0.2, -0.15) is 18.3 Å². The Labute approximate surface area is 176 Å². The third-order valence-corrected chi connectivity index (χ3v) is 5.75. The zero-order valence-corrected chi connectivity index (χ0v) is 17.2. The number of aromatic nitrogens is 2. The Morgan fingerprint density at radius 1 is 1.13 bits per heavy atom. The van der Waals surface area contributed by atoms with Crippen LogP contribution in [0.2, 0.25) is 0 Å². The van der Waals surface area contributed by atoms with Crippen LogP contribution in [-0.4, -0.2) is 32.1 Å². The van der Waals surface area contributed by atoms with E-state index in [1.54, 1.807) is 45.2 Å². The molecule has 5 nitrogen and oxygen atoms in total. The Morgan fingerprint density at radius 2 is 1.81 bits per heavy atom. The second-order valence-electron chi connectivity index (χ2n) is 8.60. The summed E-state index contributed by atoms with van der Waals surface area (Å²) in [6.07, 6.45) is -1.79. The fourth-order valence-corrected chi connectivity index (χ4v) is 4.12. The molecular weight excluding hydrogens is 409 g/mol. The van der Waals surface area contributed by atoms with Crippen LogP contribution < -0.4 is 0 Å². The van der Waals surface area contributed by atoms with Gasteiger partial charge in [0.15, 0.2) is 0 Å². The van der Waals surface area contributed by atoms with E-state index in [1.807, 2.05) is 0 Å². The van der Waals surface area contributed by atoms with Crippen LogP contribution in [-0.2, 0) is 16.9 Å². The first kappa shape index (κ1) is 21.1. The summed E-state index contributed by atoms with van der Waals surface area (Å²) in [5, 5.41) is 24.5. The molecule has 0 bridgehead atoms. The summed E-state index contributed by atoms with van der Waals surface area (Å²) in [4.78, 5) is 11.4. The van der Waals surface area contributed by atoms with E-state index in [2.05, 4.69) is 5.10 Å². The first-order valence-corrected chi connectivity index (χ1v) is 9.66. The topological polar surface area (TPSA) is 75.4 Å². The minimum Gasteiger partial charge on any atom is -0.481 e. The van der Waals surface area contributed by atoms with Crippen molar-refractivity contribution >= 4 is 5.97 Å². The molecule has 1 aliphatic rings. The average Bonchev–Trinajstić information content (AvgIpc) is 3.23. The Bertz CT molecular complexity index is 1200. The van der Waals surface area contributed by atoms with E-state index in [4.69, 9.17) is 0 Å². The molecule has 8 heteroatoms. The lowest BCUT2D eigenvalue weighted by Crippen LogP contribution is -2.41. The van der Waals surface area contributed by atoms with Gasteiger partial charge in [0.05, 0.1) is 18.2 Å². The Hall–Kier alpha value is -3.13. The smallest absolute Gasteiger partial charge is 0.425 e. The second-order valence-corrected chi connectivity index (χ2v) is 8.60. The minimum absolute atomic E-state index is 0.0966. The van der Waals surface area contributed by atoms with Crippen molar-refractivity contribution in [2.45, 2.75) is 39.1 Å². The zero-order chi connectivity index (χ0) is 22.8. The molecule has 0 spiro atoms. The number of alkyl halides is 3. The largest absolute Gasteiger partial charge is 0.481 e. The molecule has 0 amide bonds. The SMILES string of the molecule is Cc1cc(-c2cnn(CC(C)(C)C(=O)O)c2)c2c(c1)C(O)(C(F)(F)F)c1ccccc1-2. The molecule has 1 atom stereocenters. The third kappa shape index (κ3) is 3.13. The van der Waals surface area contributed by atoms with Gasteiger partial charge in [-0.05, 0) is 37.5 Å². The Morgan fingerprint density at radius 3 is 2.45 bits per heavy atom. The van der Waals surface area contributed by atoms with Gasteiger partial charge in [-0.1, -0.05) is 42.0 Å². The number of rotatable bonds is 4. The number of carbonyl (C=O) groups is 1. The van der Waals surface area contributed by atoms with Gasteiger partial charge < -0.3 is 10.2 Å². The van der Waals surface area contributed by atoms with Crippen LogP contribution in [0.25, 0.3) is 22.3 Å². The molecule has 4 rings (SSSR count). The number of carboxylic acids is 1. The Kier molecular flexibility index (Phi) is 4.55. The lowest BCUT2D eigenvalue weighted by Gasteiger charge is -2.28. The van der Waals surface area contributed by atoms with Crippen LogP contribution in [0.5, 0.6) is 0 Å². The van der Waals surface area contributed by atoms with Crippen LogP contribution in [0, 0.1) is 12.3 Å². The lowest BCUT2D eigenvalue weighted by molar-refractivity contribution is -0.246. The molecule has 3 aromatic rings. The number of halogens is 3. The van der Waals surface area contributed by atoms with E-state index in [9.17, 15) is 28.2 Å². The van der Waals surface area contributed by atoms with Crippen LogP contribution in [0.3, 0.4) is 0 Å². The van der Waals surface area contributed by atoms with Gasteiger partial charge in [0.25, 0.3) is 0 Å². The van der Waals surface area contributed by atoms with E-state index >= 15 is 0 Å². The number of carboxylic acid groups (broad SMARTS) is 1. The number of aryl methyl sites for hydroxylation is 1. The molecule has 2 aromatic carbocycles. The highest BCUT2D eigenvalue weighted by Gasteiger charge is 2.61. The van der Waals surface area contributed by atoms with Gasteiger partial charge in [-0.15, -0.1) is 0 Å². The second kappa shape index (κ2) is 6.68. The molecular formula is C23H21F3N2O3. The molecule has 31 heavy (non-hydrogen) atoms. The summed E-state index contributed by atoms with van der Waals surface area (Å²) in [5.74, 6) is -0.981. The van der Waals surface area contributed by atoms with Crippen LogP contribution in [0.4, 0.5) is 13.2 Å². The van der Waals surface area contributed by atoms with Crippen molar-refractivity contribution in [3.8, 4) is 22.3 Å². The highest BCUT2D eigenvalue weighted by Crippen LogP contribution is 2.57. The molecule has 2 N–H and O–H groups in total. The maximum atomic E-state index is 14.1. The maximum absolute atomic E-state index is 14.1. The lowest BCUT2D eigenvalue weighted by atomic mass is 9.88. The molecule has 0 saturated carbocycles. The molecule has 162 valence electrons. The van der Waals surface area contributed by atoms with Crippen molar-refractivity contribution in [2.75, 3.05) is 0 Å². The molecule has 1 aliphatic carbocycles. The summed E-state index contributed by atoms with van der Waals surface area (Å²) in [5.41, 5.74) is -2.38. The number of nitrogens with zero attached hydrogens (tertiary/aromatic N) is 2. The molecule has 1 unspecified atom stereocenters. The fraction of sp³-hybridized carbons (Fsp3) is 0.304. The Balaban J connectivity index is 1.92. The molecule has 1 heterocycles. The predicted molar refractivity (Wildman–Crippen MR) is 108 cm³/mol. The number of fused-ring (bicyclic) bond motifs is 3. The molecule has 0 fully saturated rings. The van der Waals surface area contributed by atoms with Crippen molar-refractivity contribution in [1.29, 1.82) is 0 Å². The van der Waals surface area contributed by atoms with E-state index < -0.39 is 23.2 Å². The van der Waals surface area contributed by atoms with Gasteiger partial charge in [0, 0.05) is 22.9 Å². The molecule has 1 aromatic heterocycles. The summed E-state index contributed by atoms with van der Waals surface area (Å²) < 4.78 is 43.8. The van der Waals surface area contributed by atoms with Crippen LogP contribution >= 0.6 is 0 Å². The molecule has 0 radical (unpaired) electrons. The fourth-order valence-electron chi connectivity index (χ4n) is 4.12. The summed E-state index contributed by atoms with van der Waals surface area (Å²) in [7, 11) is 0. The number of aliphatic carboxylic acids is 1. The summed E-state index contributed by atoms with van der Waals surface area (Å²) in [6, 6.07) is 9.08. The van der Waals surface area contributed by atoms with Crippen LogP contribution in [0.15, 0.2) is 48.8 Å². The number of hydrogen-bond acceptors (Lipinski definition) is 3. The highest BCUT2D eigenvalue weighted by atomic mass is 19.4. The first-order chi connectivity index (χ1) is 14.4. The zero-order valence-electron chi connectivity index (χ0n) is 17.2. The number of benzene rings is 2. The van der Waals surface area contributed by atoms with Crippen molar-refractivity contribution in [3.05, 3.63) is 65.5 Å². The van der Waals surface area contributed by atoms with Crippen LogP contribution in [0.1, 0.15) is 30.5 Å². The molecule has 0 aliphatic heterocycles. The van der Waals surface area contributed by atoms with Gasteiger partial charge >= 0.3 is 12.1 Å². The highest BCUT2D eigenvalue weighted by molar-refractivity contribution is 5.92. The van der Waals surface area contributed by atoms with E-state index in [0.29, 0.717) is 27.8 Å². The number of aliphatic hydroxyl groups is 1. The van der Waals surface area contributed by atoms with Crippen molar-refractivity contribution in [3.63, 3.8) is 0 Å². The summed E-state index contributed by atoms with van der Waals surface area (Å²) in [6.45, 7) is 4.91. The average molecular weight is 430 g/mol. The van der Waals surface area contributed by atoms with Crippen molar-refractivity contribution < 1.29 is 28.2 Å². The monoisotopic (exact) mass is 430 g/mol.